The van der Waals surface area contributed by atoms with E-state index in [0.717, 1.165) is 16.0 Å². The van der Waals surface area contributed by atoms with E-state index in [4.69, 9.17) is 4.74 Å². The van der Waals surface area contributed by atoms with E-state index >= 15 is 0 Å². The minimum absolute atomic E-state index is 0.0136. The Hall–Kier alpha value is -2.98. The zero-order valence-electron chi connectivity index (χ0n) is 16.6. The Balaban J connectivity index is 1.50. The summed E-state index contributed by atoms with van der Waals surface area (Å²) in [5, 5.41) is 2.54. The second kappa shape index (κ2) is 9.03. The number of carbonyl (C=O) groups is 1. The number of alkyl halides is 5. The van der Waals surface area contributed by atoms with Crippen LogP contribution in [0.2, 0.25) is 0 Å². The summed E-state index contributed by atoms with van der Waals surface area (Å²) in [5.41, 5.74) is 0.772. The van der Waals surface area contributed by atoms with Gasteiger partial charge in [-0.15, -0.1) is 0 Å². The number of likely N-dealkylation sites (tertiary alicyclic amines) is 1. The molecular weight excluding hydrogens is 423 g/mol. The number of rotatable bonds is 5. The van der Waals surface area contributed by atoms with Crippen LogP contribution in [-0.2, 0) is 17.5 Å². The number of aromatic nitrogens is 2. The highest BCUT2D eigenvalue weighted by Crippen LogP contribution is 2.33. The molecule has 0 radical (unpaired) electrons. The Labute approximate surface area is 175 Å². The number of ether oxygens (including phenoxy) is 1. The monoisotopic (exact) mass is 444 g/mol. The minimum atomic E-state index is -4.58. The molecular formula is C20H21F5N4O2. The van der Waals surface area contributed by atoms with Crippen LogP contribution in [0.25, 0.3) is 0 Å². The number of anilines is 1. The molecule has 0 bridgehead atoms. The number of nitrogens with zero attached hydrogens (tertiary/aromatic N) is 3. The van der Waals surface area contributed by atoms with Gasteiger partial charge in [0.1, 0.15) is 6.61 Å². The quantitative estimate of drug-likeness (QED) is 0.688. The van der Waals surface area contributed by atoms with Crippen molar-refractivity contribution in [2.75, 3.05) is 25.0 Å². The molecule has 1 aromatic heterocycles. The summed E-state index contributed by atoms with van der Waals surface area (Å²) in [5.74, 6) is -4.52. The van der Waals surface area contributed by atoms with Crippen molar-refractivity contribution in [3.05, 3.63) is 53.3 Å². The molecule has 1 aliphatic heterocycles. The number of halogens is 5. The summed E-state index contributed by atoms with van der Waals surface area (Å²) < 4.78 is 71.8. The molecule has 0 saturated carbocycles. The first-order valence-electron chi connectivity index (χ1n) is 9.53. The molecule has 1 N–H and O–H groups in total. The minimum Gasteiger partial charge on any atom is -0.445 e. The smallest absolute Gasteiger partial charge is 0.419 e. The summed E-state index contributed by atoms with van der Waals surface area (Å²) in [6.45, 7) is 0.922. The van der Waals surface area contributed by atoms with Crippen molar-refractivity contribution in [1.29, 1.82) is 0 Å². The fourth-order valence-corrected chi connectivity index (χ4v) is 3.09. The van der Waals surface area contributed by atoms with Gasteiger partial charge in [0, 0.05) is 31.4 Å². The molecule has 31 heavy (non-hydrogen) atoms. The molecule has 0 aliphatic carbocycles. The van der Waals surface area contributed by atoms with E-state index < -0.39 is 36.2 Å². The number of nitrogens with one attached hydrogen (secondary N) is 1. The molecule has 168 valence electrons. The van der Waals surface area contributed by atoms with Crippen molar-refractivity contribution < 1.29 is 31.5 Å². The normalized spacial score (nSPS) is 18.5. The predicted octanol–water partition coefficient (Wildman–Crippen LogP) is 4.51. The van der Waals surface area contributed by atoms with Gasteiger partial charge < -0.3 is 15.0 Å². The fraction of sp³-hybridized carbons (Fsp3) is 0.450. The zero-order valence-corrected chi connectivity index (χ0v) is 16.6. The molecule has 1 atom stereocenters. The number of carbonyl (C=O) groups excluding carboxylic acids is 1. The van der Waals surface area contributed by atoms with Crippen LogP contribution < -0.4 is 5.32 Å². The molecule has 1 saturated heterocycles. The third-order valence-electron chi connectivity index (χ3n) is 4.97. The number of hydrogen-bond acceptors (Lipinski definition) is 5. The highest BCUT2D eigenvalue weighted by Gasteiger charge is 2.46. The van der Waals surface area contributed by atoms with Crippen LogP contribution in [-0.4, -0.2) is 46.5 Å². The van der Waals surface area contributed by atoms with E-state index in [9.17, 15) is 26.7 Å². The predicted molar refractivity (Wildman–Crippen MR) is 102 cm³/mol. The highest BCUT2D eigenvalue weighted by atomic mass is 19.4. The second-order valence-electron chi connectivity index (χ2n) is 7.38. The fourth-order valence-electron chi connectivity index (χ4n) is 3.09. The van der Waals surface area contributed by atoms with Crippen LogP contribution in [0.4, 0.5) is 32.7 Å². The summed E-state index contributed by atoms with van der Waals surface area (Å²) >= 11 is 0. The van der Waals surface area contributed by atoms with Crippen molar-refractivity contribution in [1.82, 2.24) is 14.9 Å². The summed E-state index contributed by atoms with van der Waals surface area (Å²) in [7, 11) is 0. The van der Waals surface area contributed by atoms with Crippen LogP contribution in [0.5, 0.6) is 0 Å². The molecule has 0 spiro atoms. The second-order valence-corrected chi connectivity index (χ2v) is 7.38. The van der Waals surface area contributed by atoms with Crippen molar-refractivity contribution in [3.8, 4) is 0 Å². The SMILES string of the molecule is Cc1ccc(COC(=O)N2CC[C@@H](CNc3ncc(C(F)(F)F)cn3)C(F)(F)C2)cc1. The Morgan fingerprint density at radius 2 is 1.87 bits per heavy atom. The van der Waals surface area contributed by atoms with Gasteiger partial charge in [0.2, 0.25) is 5.95 Å². The Bertz CT molecular complexity index is 888. The van der Waals surface area contributed by atoms with Crippen LogP contribution in [0, 0.1) is 12.8 Å². The lowest BCUT2D eigenvalue weighted by atomic mass is 9.93. The van der Waals surface area contributed by atoms with Crippen LogP contribution in [0.15, 0.2) is 36.7 Å². The first-order valence-corrected chi connectivity index (χ1v) is 9.53. The maximum atomic E-state index is 14.5. The topological polar surface area (TPSA) is 67.3 Å². The van der Waals surface area contributed by atoms with Gasteiger partial charge in [0.25, 0.3) is 5.92 Å². The number of benzene rings is 1. The number of aryl methyl sites for hydroxylation is 1. The first kappa shape index (κ1) is 22.7. The largest absolute Gasteiger partial charge is 0.445 e. The summed E-state index contributed by atoms with van der Waals surface area (Å²) in [6.07, 6.45) is -4.25. The first-order chi connectivity index (χ1) is 14.5. The molecule has 1 amide bonds. The molecule has 11 heteroatoms. The van der Waals surface area contributed by atoms with E-state index in [0.29, 0.717) is 12.4 Å². The van der Waals surface area contributed by atoms with E-state index in [-0.39, 0.29) is 32.1 Å². The third-order valence-corrected chi connectivity index (χ3v) is 4.97. The maximum absolute atomic E-state index is 14.5. The van der Waals surface area contributed by atoms with E-state index in [2.05, 4.69) is 15.3 Å². The molecule has 1 aliphatic rings. The van der Waals surface area contributed by atoms with Gasteiger partial charge in [-0.2, -0.15) is 13.2 Å². The standard InChI is InChI=1S/C20H21F5N4O2/c1-13-2-4-14(5-3-13)11-31-18(30)29-7-6-15(19(21,22)12-29)8-26-17-27-9-16(10-28-17)20(23,24)25/h2-5,9-10,15H,6-8,11-12H2,1H3,(H,26,27,28)/t15-/m0/s1. The number of hydrogen-bond donors (Lipinski definition) is 1. The number of piperidine rings is 1. The van der Waals surface area contributed by atoms with Gasteiger partial charge in [0.05, 0.1) is 12.1 Å². The lowest BCUT2D eigenvalue weighted by Gasteiger charge is -2.37. The average molecular weight is 444 g/mol. The Morgan fingerprint density at radius 3 is 2.45 bits per heavy atom. The van der Waals surface area contributed by atoms with Crippen molar-refractivity contribution >= 4 is 12.0 Å². The third kappa shape index (κ3) is 6.02. The molecule has 6 nitrogen and oxygen atoms in total. The van der Waals surface area contributed by atoms with Crippen molar-refractivity contribution in [2.45, 2.75) is 32.1 Å². The molecule has 2 heterocycles. The van der Waals surface area contributed by atoms with Gasteiger partial charge in [0.15, 0.2) is 0 Å². The lowest BCUT2D eigenvalue weighted by molar-refractivity contribution is -0.138. The average Bonchev–Trinajstić information content (AvgIpc) is 2.71. The van der Waals surface area contributed by atoms with Crippen molar-refractivity contribution in [3.63, 3.8) is 0 Å². The van der Waals surface area contributed by atoms with Gasteiger partial charge in [-0.3, -0.25) is 0 Å². The molecule has 0 unspecified atom stereocenters. The van der Waals surface area contributed by atoms with Crippen molar-refractivity contribution in [2.24, 2.45) is 5.92 Å². The molecule has 3 rings (SSSR count). The van der Waals surface area contributed by atoms with E-state index in [1.165, 1.54) is 0 Å². The van der Waals surface area contributed by atoms with Crippen LogP contribution in [0.1, 0.15) is 23.1 Å². The lowest BCUT2D eigenvalue weighted by Crippen LogP contribution is -2.52. The van der Waals surface area contributed by atoms with Gasteiger partial charge >= 0.3 is 12.3 Å². The molecule has 1 fully saturated rings. The Kier molecular flexibility index (Phi) is 6.61. The Morgan fingerprint density at radius 1 is 1.23 bits per heavy atom. The van der Waals surface area contributed by atoms with E-state index in [1.54, 1.807) is 12.1 Å². The maximum Gasteiger partial charge on any atom is 0.419 e. The van der Waals surface area contributed by atoms with Crippen LogP contribution in [0.3, 0.4) is 0 Å². The summed E-state index contributed by atoms with van der Waals surface area (Å²) in [4.78, 5) is 20.1. The van der Waals surface area contributed by atoms with Gasteiger partial charge in [-0.05, 0) is 18.9 Å². The molecule has 2 aromatic rings. The summed E-state index contributed by atoms with van der Waals surface area (Å²) in [6, 6.07) is 7.29. The van der Waals surface area contributed by atoms with Crippen LogP contribution >= 0.6 is 0 Å². The van der Waals surface area contributed by atoms with Gasteiger partial charge in [-0.1, -0.05) is 29.8 Å². The zero-order chi connectivity index (χ0) is 22.6. The highest BCUT2D eigenvalue weighted by molar-refractivity contribution is 5.68. The van der Waals surface area contributed by atoms with Gasteiger partial charge in [-0.25, -0.2) is 23.5 Å². The molecule has 1 aromatic carbocycles. The van der Waals surface area contributed by atoms with E-state index in [1.807, 2.05) is 19.1 Å². The number of amides is 1.